The summed E-state index contributed by atoms with van der Waals surface area (Å²) in [5, 5.41) is 0. The molecule has 2 nitrogen and oxygen atoms in total. The first-order chi connectivity index (χ1) is 6.18. The molecule has 1 aromatic carbocycles. The topological polar surface area (TPSA) is 29.3 Å². The lowest BCUT2D eigenvalue weighted by atomic mass is 9.94. The molecule has 2 N–H and O–H groups in total. The number of nitrogens with zero attached hydrogens (tertiary/aromatic N) is 1. The smallest absolute Gasteiger partial charge is 0.0350 e. The van der Waals surface area contributed by atoms with E-state index in [-0.39, 0.29) is 0 Å². The maximum Gasteiger partial charge on any atom is 0.0350 e. The lowest BCUT2D eigenvalue weighted by Gasteiger charge is -2.27. The van der Waals surface area contributed by atoms with Gasteiger partial charge in [-0.05, 0) is 43.1 Å². The summed E-state index contributed by atoms with van der Waals surface area (Å²) in [7, 11) is 2.16. The third-order valence-corrected chi connectivity index (χ3v) is 2.87. The quantitative estimate of drug-likeness (QED) is 0.608. The summed E-state index contributed by atoms with van der Waals surface area (Å²) < 4.78 is 0. The molecular formula is C11H16N2. The average molecular weight is 176 g/mol. The molecule has 0 radical (unpaired) electrons. The third-order valence-electron chi connectivity index (χ3n) is 2.87. The molecule has 70 valence electrons. The van der Waals surface area contributed by atoms with Gasteiger partial charge in [0, 0.05) is 18.8 Å². The lowest BCUT2D eigenvalue weighted by Crippen LogP contribution is -2.27. The molecule has 0 amide bonds. The number of likely N-dealkylation sites (N-methyl/N-ethyl adjacent to an activating group) is 1. The van der Waals surface area contributed by atoms with E-state index < -0.39 is 0 Å². The van der Waals surface area contributed by atoms with Crippen LogP contribution < -0.4 is 5.73 Å². The number of hydrogen-bond donors (Lipinski definition) is 1. The fraction of sp³-hybridized carbons (Fsp3) is 0.455. The molecular weight excluding hydrogens is 160 g/mol. The van der Waals surface area contributed by atoms with Crippen LogP contribution in [0.25, 0.3) is 0 Å². The molecule has 2 heteroatoms. The van der Waals surface area contributed by atoms with Crippen molar-refractivity contribution in [2.75, 3.05) is 19.3 Å². The molecule has 1 aromatic rings. The summed E-state index contributed by atoms with van der Waals surface area (Å²) in [5.74, 6) is 0. The van der Waals surface area contributed by atoms with Gasteiger partial charge in [0.2, 0.25) is 0 Å². The summed E-state index contributed by atoms with van der Waals surface area (Å²) >= 11 is 0. The summed E-state index contributed by atoms with van der Waals surface area (Å²) in [6.45, 7) is 4.34. The minimum Gasteiger partial charge on any atom is -0.398 e. The standard InChI is InChI=1S/C11H16N2/c1-8-3-4-11(12)9-5-6-13(2)7-10(8)9/h3-4H,5-7,12H2,1-2H3. The minimum atomic E-state index is 0.966. The molecule has 0 aliphatic carbocycles. The predicted molar refractivity (Wildman–Crippen MR) is 55.6 cm³/mol. The van der Waals surface area contributed by atoms with Crippen LogP contribution in [0, 0.1) is 6.92 Å². The highest BCUT2D eigenvalue weighted by Gasteiger charge is 2.16. The van der Waals surface area contributed by atoms with Crippen molar-refractivity contribution in [2.45, 2.75) is 19.9 Å². The zero-order valence-electron chi connectivity index (χ0n) is 8.30. The largest absolute Gasteiger partial charge is 0.398 e. The van der Waals surface area contributed by atoms with E-state index in [9.17, 15) is 0 Å². The van der Waals surface area contributed by atoms with E-state index >= 15 is 0 Å². The Labute approximate surface area is 79.4 Å². The van der Waals surface area contributed by atoms with Crippen molar-refractivity contribution >= 4 is 5.69 Å². The van der Waals surface area contributed by atoms with Gasteiger partial charge >= 0.3 is 0 Å². The summed E-state index contributed by atoms with van der Waals surface area (Å²) in [6.07, 6.45) is 1.10. The summed E-state index contributed by atoms with van der Waals surface area (Å²) in [4.78, 5) is 2.34. The zero-order valence-corrected chi connectivity index (χ0v) is 8.30. The average Bonchev–Trinajstić information content (AvgIpc) is 2.12. The molecule has 0 spiro atoms. The zero-order chi connectivity index (χ0) is 9.42. The molecule has 13 heavy (non-hydrogen) atoms. The van der Waals surface area contributed by atoms with Crippen LogP contribution in [-0.4, -0.2) is 18.5 Å². The van der Waals surface area contributed by atoms with Gasteiger partial charge in [0.1, 0.15) is 0 Å². The Kier molecular flexibility index (Phi) is 2.00. The van der Waals surface area contributed by atoms with E-state index in [1.165, 1.54) is 16.7 Å². The van der Waals surface area contributed by atoms with Gasteiger partial charge in [-0.25, -0.2) is 0 Å². The van der Waals surface area contributed by atoms with E-state index in [1.807, 2.05) is 6.07 Å². The second-order valence-corrected chi connectivity index (χ2v) is 3.92. The van der Waals surface area contributed by atoms with Gasteiger partial charge in [-0.15, -0.1) is 0 Å². The molecule has 1 aliphatic rings. The van der Waals surface area contributed by atoms with Gasteiger partial charge in [0.05, 0.1) is 0 Å². The van der Waals surface area contributed by atoms with Crippen molar-refractivity contribution < 1.29 is 0 Å². The van der Waals surface area contributed by atoms with E-state index in [0.717, 1.165) is 25.2 Å². The first-order valence-electron chi connectivity index (χ1n) is 4.74. The third kappa shape index (κ3) is 1.42. The molecule has 0 saturated carbocycles. The van der Waals surface area contributed by atoms with Gasteiger partial charge in [-0.3, -0.25) is 0 Å². The van der Waals surface area contributed by atoms with Crippen molar-refractivity contribution in [1.82, 2.24) is 4.90 Å². The van der Waals surface area contributed by atoms with Crippen molar-refractivity contribution in [2.24, 2.45) is 0 Å². The van der Waals surface area contributed by atoms with Crippen LogP contribution in [0.15, 0.2) is 12.1 Å². The molecule has 1 heterocycles. The number of fused-ring (bicyclic) bond motifs is 1. The van der Waals surface area contributed by atoms with Crippen LogP contribution in [0.5, 0.6) is 0 Å². The number of hydrogen-bond acceptors (Lipinski definition) is 2. The number of anilines is 1. The lowest BCUT2D eigenvalue weighted by molar-refractivity contribution is 0.312. The first kappa shape index (κ1) is 8.57. The molecule has 0 bridgehead atoms. The first-order valence-corrected chi connectivity index (χ1v) is 4.74. The van der Waals surface area contributed by atoms with Crippen molar-refractivity contribution in [3.63, 3.8) is 0 Å². The normalized spacial score (nSPS) is 17.1. The van der Waals surface area contributed by atoms with Crippen molar-refractivity contribution in [1.29, 1.82) is 0 Å². The van der Waals surface area contributed by atoms with Gasteiger partial charge in [0.15, 0.2) is 0 Å². The minimum absolute atomic E-state index is 0.966. The highest BCUT2D eigenvalue weighted by Crippen LogP contribution is 2.26. The van der Waals surface area contributed by atoms with E-state index in [4.69, 9.17) is 5.73 Å². The summed E-state index contributed by atoms with van der Waals surface area (Å²) in [6, 6.07) is 4.15. The molecule has 1 aliphatic heterocycles. The van der Waals surface area contributed by atoms with Crippen LogP contribution >= 0.6 is 0 Å². The highest BCUT2D eigenvalue weighted by atomic mass is 15.1. The van der Waals surface area contributed by atoms with Crippen LogP contribution in [0.2, 0.25) is 0 Å². The van der Waals surface area contributed by atoms with Gasteiger partial charge in [0.25, 0.3) is 0 Å². The molecule has 0 fully saturated rings. The Bertz CT molecular complexity index is 331. The fourth-order valence-corrected chi connectivity index (χ4v) is 2.00. The Morgan fingerprint density at radius 3 is 2.85 bits per heavy atom. The molecule has 0 saturated heterocycles. The van der Waals surface area contributed by atoms with E-state index in [0.29, 0.717) is 0 Å². The molecule has 0 aromatic heterocycles. The van der Waals surface area contributed by atoms with E-state index in [2.05, 4.69) is 24.9 Å². The second-order valence-electron chi connectivity index (χ2n) is 3.92. The Morgan fingerprint density at radius 1 is 1.31 bits per heavy atom. The number of rotatable bonds is 0. The van der Waals surface area contributed by atoms with Crippen LogP contribution in [-0.2, 0) is 13.0 Å². The van der Waals surface area contributed by atoms with Gasteiger partial charge in [-0.1, -0.05) is 6.07 Å². The maximum absolute atomic E-state index is 5.94. The molecule has 2 rings (SSSR count). The van der Waals surface area contributed by atoms with Crippen LogP contribution in [0.1, 0.15) is 16.7 Å². The summed E-state index contributed by atoms with van der Waals surface area (Å²) in [5.41, 5.74) is 11.1. The number of benzene rings is 1. The molecule has 0 atom stereocenters. The van der Waals surface area contributed by atoms with Gasteiger partial charge in [-0.2, -0.15) is 0 Å². The SMILES string of the molecule is Cc1ccc(N)c2c1CN(C)CC2. The Hall–Kier alpha value is -1.02. The number of aryl methyl sites for hydroxylation is 1. The second kappa shape index (κ2) is 3.04. The van der Waals surface area contributed by atoms with Crippen LogP contribution in [0.4, 0.5) is 5.69 Å². The predicted octanol–water partition coefficient (Wildman–Crippen LogP) is 1.57. The van der Waals surface area contributed by atoms with Crippen LogP contribution in [0.3, 0.4) is 0 Å². The highest BCUT2D eigenvalue weighted by molar-refractivity contribution is 5.54. The monoisotopic (exact) mass is 176 g/mol. The van der Waals surface area contributed by atoms with E-state index in [1.54, 1.807) is 0 Å². The Balaban J connectivity index is 2.51. The van der Waals surface area contributed by atoms with Crippen molar-refractivity contribution in [3.8, 4) is 0 Å². The number of nitrogens with two attached hydrogens (primary N) is 1. The van der Waals surface area contributed by atoms with Gasteiger partial charge < -0.3 is 10.6 Å². The van der Waals surface area contributed by atoms with Crippen molar-refractivity contribution in [3.05, 3.63) is 28.8 Å². The fourth-order valence-electron chi connectivity index (χ4n) is 2.00. The number of nitrogen functional groups attached to an aromatic ring is 1. The maximum atomic E-state index is 5.94. The molecule has 0 unspecified atom stereocenters. The Morgan fingerprint density at radius 2 is 2.08 bits per heavy atom.